The number of nitrogens with two attached hydrogens (primary N) is 1. The number of fused-ring (bicyclic) bond motifs is 5. The molecule has 0 saturated carbocycles. The molecule has 0 amide bonds. The number of nitrogens with one attached hydrogen (secondary N) is 2. The number of anilines is 1. The Morgan fingerprint density at radius 2 is 1.87 bits per heavy atom. The second-order valence-corrected chi connectivity index (χ2v) is 13.0. The molecule has 4 aromatic rings. The number of hydrogen-bond acceptors (Lipinski definition) is 17. The summed E-state index contributed by atoms with van der Waals surface area (Å²) in [5.41, 5.74) is 5.50. The molecule has 3 aliphatic rings. The zero-order valence-corrected chi connectivity index (χ0v) is 24.6. The van der Waals surface area contributed by atoms with E-state index < -0.39 is 85.9 Å². The van der Waals surface area contributed by atoms with Gasteiger partial charge in [0.05, 0.1) is 25.5 Å². The summed E-state index contributed by atoms with van der Waals surface area (Å²) in [6.07, 6.45) is -5.95. The number of imidazole rings is 2. The van der Waals surface area contributed by atoms with Crippen LogP contribution in [-0.4, -0.2) is 114 Å². The Balaban J connectivity index is 1.22. The number of phosphoric acid groups is 1. The predicted octanol–water partition coefficient (Wildman–Crippen LogP) is -2.55. The van der Waals surface area contributed by atoms with E-state index in [2.05, 4.69) is 34.6 Å². The van der Waals surface area contributed by atoms with E-state index in [0.717, 1.165) is 0 Å². The molecule has 1 unspecified atom stereocenters. The summed E-state index contributed by atoms with van der Waals surface area (Å²) in [5.74, 6) is -0.240. The van der Waals surface area contributed by atoms with Crippen molar-refractivity contribution in [2.24, 2.45) is 0 Å². The Morgan fingerprint density at radius 3 is 2.67 bits per heavy atom. The van der Waals surface area contributed by atoms with E-state index in [1.807, 2.05) is 0 Å². The smallest absolute Gasteiger partial charge is 0.386 e. The molecule has 0 aromatic carbocycles. The SMILES string of the molecule is CO[C@H]1[C@H]2OP(=O)(O)OC[C@H]3O[C@@H](n4cnc5cncnc54)[C@H](O)[C@@H]3OS(=O)(=O)NC[C@H]1O[C@H]2n1cnc2c(=O)[nH]c(N)nc21. The van der Waals surface area contributed by atoms with Gasteiger partial charge in [0.2, 0.25) is 5.95 Å². The van der Waals surface area contributed by atoms with Crippen LogP contribution in [0.4, 0.5) is 5.95 Å². The lowest BCUT2D eigenvalue weighted by molar-refractivity contribution is -0.0598. The van der Waals surface area contributed by atoms with Gasteiger partial charge >= 0.3 is 18.1 Å². The van der Waals surface area contributed by atoms with Gasteiger partial charge in [0.25, 0.3) is 5.56 Å². The van der Waals surface area contributed by atoms with E-state index in [1.54, 1.807) is 0 Å². The zero-order chi connectivity index (χ0) is 31.7. The van der Waals surface area contributed by atoms with Gasteiger partial charge < -0.3 is 29.9 Å². The topological polar surface area (TPSA) is 292 Å². The minimum Gasteiger partial charge on any atom is -0.386 e. The molecule has 6 N–H and O–H groups in total. The molecule has 7 rings (SSSR count). The van der Waals surface area contributed by atoms with Crippen LogP contribution in [0, 0.1) is 0 Å². The zero-order valence-electron chi connectivity index (χ0n) is 22.9. The van der Waals surface area contributed by atoms with E-state index in [9.17, 15) is 27.8 Å². The summed E-state index contributed by atoms with van der Waals surface area (Å²) in [7, 11) is -8.42. The van der Waals surface area contributed by atoms with Gasteiger partial charge in [-0.05, 0) is 0 Å². The second kappa shape index (κ2) is 11.1. The highest BCUT2D eigenvalue weighted by atomic mass is 32.2. The van der Waals surface area contributed by atoms with E-state index >= 15 is 0 Å². The maximum Gasteiger partial charge on any atom is 0.472 e. The molecule has 3 aliphatic heterocycles. The summed E-state index contributed by atoms with van der Waals surface area (Å²) >= 11 is 0. The number of aliphatic hydroxyl groups excluding tert-OH is 1. The molecular weight excluding hydrogens is 647 g/mol. The number of nitrogen functional groups attached to an aromatic ring is 1. The fourth-order valence-electron chi connectivity index (χ4n) is 5.51. The van der Waals surface area contributed by atoms with Crippen LogP contribution in [0.3, 0.4) is 0 Å². The molecule has 3 saturated heterocycles. The first-order valence-electron chi connectivity index (χ1n) is 13.1. The quantitative estimate of drug-likeness (QED) is 0.140. The van der Waals surface area contributed by atoms with Crippen LogP contribution in [0.5, 0.6) is 0 Å². The number of rotatable bonds is 3. The van der Waals surface area contributed by atoms with E-state index in [1.165, 1.54) is 41.4 Å². The van der Waals surface area contributed by atoms with E-state index in [-0.39, 0.29) is 22.8 Å². The Hall–Kier alpha value is -3.48. The fourth-order valence-corrected chi connectivity index (χ4v) is 7.41. The van der Waals surface area contributed by atoms with Crippen LogP contribution in [0.25, 0.3) is 22.3 Å². The largest absolute Gasteiger partial charge is 0.472 e. The van der Waals surface area contributed by atoms with E-state index in [4.69, 9.17) is 33.2 Å². The molecule has 2 bridgehead atoms. The molecule has 24 heteroatoms. The van der Waals surface area contributed by atoms with Crippen molar-refractivity contribution in [1.29, 1.82) is 0 Å². The van der Waals surface area contributed by atoms with Gasteiger partial charge in [-0.15, -0.1) is 0 Å². The lowest BCUT2D eigenvalue weighted by Crippen LogP contribution is -2.44. The number of aromatic nitrogens is 8. The van der Waals surface area contributed by atoms with Gasteiger partial charge in [-0.25, -0.2) is 28.7 Å². The lowest BCUT2D eigenvalue weighted by Gasteiger charge is -2.26. The summed E-state index contributed by atoms with van der Waals surface area (Å²) < 4.78 is 77.9. The lowest BCUT2D eigenvalue weighted by atomic mass is 10.1. The summed E-state index contributed by atoms with van der Waals surface area (Å²) in [6.45, 7) is -1.26. The molecule has 242 valence electrons. The Kier molecular flexibility index (Phi) is 7.44. The number of aliphatic hydroxyl groups is 1. The van der Waals surface area contributed by atoms with Crippen molar-refractivity contribution < 1.29 is 50.4 Å². The summed E-state index contributed by atoms with van der Waals surface area (Å²) in [6, 6.07) is 0. The van der Waals surface area contributed by atoms with Gasteiger partial charge in [0.1, 0.15) is 48.5 Å². The number of hydrogen-bond donors (Lipinski definition) is 5. The second-order valence-electron chi connectivity index (χ2n) is 10.2. The molecule has 22 nitrogen and oxygen atoms in total. The highest BCUT2D eigenvalue weighted by molar-refractivity contribution is 7.84. The monoisotopic (exact) mass is 672 g/mol. The molecule has 7 heterocycles. The first-order valence-corrected chi connectivity index (χ1v) is 16.1. The van der Waals surface area contributed by atoms with Crippen molar-refractivity contribution in [3.63, 3.8) is 0 Å². The Bertz CT molecular complexity index is 1970. The summed E-state index contributed by atoms with van der Waals surface area (Å²) in [5, 5.41) is 11.1. The van der Waals surface area contributed by atoms with Crippen LogP contribution in [0.15, 0.2) is 30.0 Å². The average Bonchev–Trinajstić information content (AvgIpc) is 3.75. The normalized spacial score (nSPS) is 35.5. The number of ether oxygens (including phenoxy) is 3. The maximum absolute atomic E-state index is 13.3. The van der Waals surface area contributed by atoms with Gasteiger partial charge in [0.15, 0.2) is 29.3 Å². The fraction of sp³-hybridized carbons (Fsp3) is 0.524. The van der Waals surface area contributed by atoms with E-state index in [0.29, 0.717) is 5.52 Å². The molecule has 0 aliphatic carbocycles. The van der Waals surface area contributed by atoms with Crippen molar-refractivity contribution in [3.8, 4) is 0 Å². The van der Waals surface area contributed by atoms with Crippen LogP contribution >= 0.6 is 7.82 Å². The maximum atomic E-state index is 13.3. The molecule has 0 spiro atoms. The number of phosphoric ester groups is 1. The van der Waals surface area contributed by atoms with Crippen LogP contribution < -0.4 is 16.0 Å². The number of methoxy groups -OCH3 is 1. The van der Waals surface area contributed by atoms with Crippen LogP contribution in [0.2, 0.25) is 0 Å². The average molecular weight is 673 g/mol. The van der Waals surface area contributed by atoms with Crippen LogP contribution in [-0.2, 0) is 42.3 Å². The molecule has 3 fully saturated rings. The van der Waals surface area contributed by atoms with Gasteiger partial charge in [0, 0.05) is 13.7 Å². The third-order valence-corrected chi connectivity index (χ3v) is 9.44. The first kappa shape index (κ1) is 30.2. The van der Waals surface area contributed by atoms with Crippen LogP contribution in [0.1, 0.15) is 12.5 Å². The minimum atomic E-state index is -5.02. The van der Waals surface area contributed by atoms with Crippen molar-refractivity contribution in [2.45, 2.75) is 49.1 Å². The molecular formula is C21H25N10O12PS. The molecule has 0 radical (unpaired) electrons. The number of nitrogens with zero attached hydrogens (tertiary/aromatic N) is 7. The standard InChI is InChI=1S/C21H25N10O12PS/c1-38-14-9-3-27-45(36,37)43-13-10(41-19(12(13)32)30-6-25-8-2-23-5-24-16(8)30)4-39-44(34,35)42-15(14)20(40-9)31-7-26-11-17(31)28-21(22)29-18(11)33/h2,5-7,9-10,12-15,19-20,27,32H,3-4H2,1H3,(H,34,35)(H3,22,28,29,33)/t9-,10-,12-,13-,14-,15-,19-,20-/m1/s1. The highest BCUT2D eigenvalue weighted by Gasteiger charge is 2.53. The molecule has 9 atom stereocenters. The Labute approximate surface area is 251 Å². The van der Waals surface area contributed by atoms with Crippen molar-refractivity contribution >= 4 is 46.4 Å². The summed E-state index contributed by atoms with van der Waals surface area (Å²) in [4.78, 5) is 45.7. The third-order valence-electron chi connectivity index (χ3n) is 7.46. The van der Waals surface area contributed by atoms with Gasteiger partial charge in [-0.1, -0.05) is 0 Å². The molecule has 45 heavy (non-hydrogen) atoms. The first-order chi connectivity index (χ1) is 21.4. The molecule has 4 aromatic heterocycles. The highest BCUT2D eigenvalue weighted by Crippen LogP contribution is 2.50. The van der Waals surface area contributed by atoms with Crippen molar-refractivity contribution in [3.05, 3.63) is 35.5 Å². The predicted molar refractivity (Wildman–Crippen MR) is 145 cm³/mol. The number of H-pyrrole nitrogens is 1. The van der Waals surface area contributed by atoms with Gasteiger partial charge in [-0.2, -0.15) is 18.1 Å². The Morgan fingerprint density at radius 1 is 1.11 bits per heavy atom. The van der Waals surface area contributed by atoms with Crippen molar-refractivity contribution in [2.75, 3.05) is 26.0 Å². The number of aromatic amines is 1. The minimum absolute atomic E-state index is 0.0522. The van der Waals surface area contributed by atoms with Crippen molar-refractivity contribution in [1.82, 2.24) is 43.8 Å². The third kappa shape index (κ3) is 5.40. The van der Waals surface area contributed by atoms with Gasteiger partial charge in [-0.3, -0.25) is 28.0 Å².